The number of hydrogen-bond donors (Lipinski definition) is 1. The van der Waals surface area contributed by atoms with E-state index in [1.165, 1.54) is 0 Å². The van der Waals surface area contributed by atoms with Gasteiger partial charge in [-0.1, -0.05) is 6.92 Å². The number of nitrogens with two attached hydrogens (primary N) is 1. The predicted octanol–water partition coefficient (Wildman–Crippen LogP) is 0.780. The maximum absolute atomic E-state index is 11.5. The SMILES string of the molecule is CCCOC(=O)C1(N)CCC(=O)CC1. The van der Waals surface area contributed by atoms with Gasteiger partial charge in [-0.15, -0.1) is 0 Å². The minimum absolute atomic E-state index is 0.189. The lowest BCUT2D eigenvalue weighted by molar-refractivity contribution is -0.152. The molecule has 0 radical (unpaired) electrons. The largest absolute Gasteiger partial charge is 0.464 e. The molecule has 0 aromatic heterocycles. The first-order valence-electron chi connectivity index (χ1n) is 5.06. The van der Waals surface area contributed by atoms with E-state index in [4.69, 9.17) is 10.5 Å². The van der Waals surface area contributed by atoms with E-state index in [1.807, 2.05) is 6.92 Å². The van der Waals surface area contributed by atoms with E-state index >= 15 is 0 Å². The molecular formula is C10H17NO3. The number of carbonyl (C=O) groups excluding carboxylic acids is 2. The maximum atomic E-state index is 11.5. The lowest BCUT2D eigenvalue weighted by Crippen LogP contribution is -2.51. The Hall–Kier alpha value is -0.900. The van der Waals surface area contributed by atoms with E-state index in [0.29, 0.717) is 32.3 Å². The van der Waals surface area contributed by atoms with Gasteiger partial charge in [0.15, 0.2) is 0 Å². The summed E-state index contributed by atoms with van der Waals surface area (Å²) in [4.78, 5) is 22.5. The van der Waals surface area contributed by atoms with Gasteiger partial charge in [0.05, 0.1) is 6.61 Å². The summed E-state index contributed by atoms with van der Waals surface area (Å²) in [5, 5.41) is 0. The molecule has 1 rings (SSSR count). The van der Waals surface area contributed by atoms with Gasteiger partial charge in [0.1, 0.15) is 11.3 Å². The normalized spacial score (nSPS) is 20.6. The van der Waals surface area contributed by atoms with E-state index in [2.05, 4.69) is 0 Å². The second-order valence-electron chi connectivity index (χ2n) is 3.83. The van der Waals surface area contributed by atoms with Crippen molar-refractivity contribution in [2.24, 2.45) is 5.73 Å². The molecule has 2 N–H and O–H groups in total. The number of ether oxygens (including phenoxy) is 1. The Balaban J connectivity index is 2.48. The van der Waals surface area contributed by atoms with Crippen molar-refractivity contribution in [2.45, 2.75) is 44.6 Å². The van der Waals surface area contributed by atoms with Gasteiger partial charge < -0.3 is 10.5 Å². The lowest BCUT2D eigenvalue weighted by Gasteiger charge is -2.30. The molecule has 1 fully saturated rings. The van der Waals surface area contributed by atoms with Crippen molar-refractivity contribution in [1.29, 1.82) is 0 Å². The molecule has 1 saturated carbocycles. The van der Waals surface area contributed by atoms with Crippen molar-refractivity contribution in [3.8, 4) is 0 Å². The highest BCUT2D eigenvalue weighted by Gasteiger charge is 2.38. The Morgan fingerprint density at radius 1 is 1.50 bits per heavy atom. The van der Waals surface area contributed by atoms with Crippen LogP contribution in [-0.4, -0.2) is 23.9 Å². The zero-order valence-corrected chi connectivity index (χ0v) is 8.54. The van der Waals surface area contributed by atoms with Gasteiger partial charge in [-0.25, -0.2) is 0 Å². The number of Topliss-reactive ketones (excluding diaryl/α,β-unsaturated/α-hetero) is 1. The van der Waals surface area contributed by atoms with Crippen molar-refractivity contribution in [3.05, 3.63) is 0 Å². The molecule has 4 nitrogen and oxygen atoms in total. The zero-order chi connectivity index (χ0) is 10.6. The second kappa shape index (κ2) is 4.55. The summed E-state index contributed by atoms with van der Waals surface area (Å²) in [6, 6.07) is 0. The van der Waals surface area contributed by atoms with Crippen molar-refractivity contribution in [1.82, 2.24) is 0 Å². The molecular weight excluding hydrogens is 182 g/mol. The highest BCUT2D eigenvalue weighted by atomic mass is 16.5. The molecule has 14 heavy (non-hydrogen) atoms. The van der Waals surface area contributed by atoms with Gasteiger partial charge in [0.2, 0.25) is 0 Å². The number of hydrogen-bond acceptors (Lipinski definition) is 4. The molecule has 0 amide bonds. The predicted molar refractivity (Wildman–Crippen MR) is 51.6 cm³/mol. The first kappa shape index (κ1) is 11.2. The smallest absolute Gasteiger partial charge is 0.326 e. The molecule has 0 aromatic carbocycles. The van der Waals surface area contributed by atoms with Gasteiger partial charge in [0, 0.05) is 12.8 Å². The number of rotatable bonds is 3. The summed E-state index contributed by atoms with van der Waals surface area (Å²) in [7, 11) is 0. The second-order valence-corrected chi connectivity index (χ2v) is 3.83. The number of esters is 1. The fourth-order valence-corrected chi connectivity index (χ4v) is 1.52. The van der Waals surface area contributed by atoms with Gasteiger partial charge in [0.25, 0.3) is 0 Å². The Bertz CT molecular complexity index is 228. The van der Waals surface area contributed by atoms with Crippen LogP contribution in [-0.2, 0) is 14.3 Å². The van der Waals surface area contributed by atoms with Crippen LogP contribution in [0.5, 0.6) is 0 Å². The third kappa shape index (κ3) is 2.54. The minimum Gasteiger partial charge on any atom is -0.464 e. The van der Waals surface area contributed by atoms with Crippen LogP contribution in [0.4, 0.5) is 0 Å². The Kier molecular flexibility index (Phi) is 3.63. The molecule has 0 bridgehead atoms. The molecule has 4 heteroatoms. The molecule has 1 aliphatic carbocycles. The summed E-state index contributed by atoms with van der Waals surface area (Å²) in [5.41, 5.74) is 4.97. The van der Waals surface area contributed by atoms with Crippen LogP contribution in [0.15, 0.2) is 0 Å². The summed E-state index contributed by atoms with van der Waals surface area (Å²) >= 11 is 0. The average molecular weight is 199 g/mol. The van der Waals surface area contributed by atoms with E-state index < -0.39 is 5.54 Å². The third-order valence-electron chi connectivity index (χ3n) is 2.54. The van der Waals surface area contributed by atoms with Crippen LogP contribution in [0.3, 0.4) is 0 Å². The number of ketones is 1. The summed E-state index contributed by atoms with van der Waals surface area (Å²) in [5.74, 6) is -0.166. The fraction of sp³-hybridized carbons (Fsp3) is 0.800. The van der Waals surface area contributed by atoms with Crippen molar-refractivity contribution in [2.75, 3.05) is 6.61 Å². The molecule has 0 spiro atoms. The van der Waals surface area contributed by atoms with Crippen LogP contribution in [0, 0.1) is 0 Å². The first-order chi connectivity index (χ1) is 6.58. The molecule has 0 atom stereocenters. The number of carbonyl (C=O) groups is 2. The zero-order valence-electron chi connectivity index (χ0n) is 8.54. The monoisotopic (exact) mass is 199 g/mol. The van der Waals surface area contributed by atoms with E-state index in [0.717, 1.165) is 6.42 Å². The van der Waals surface area contributed by atoms with E-state index in [1.54, 1.807) is 0 Å². The van der Waals surface area contributed by atoms with Crippen LogP contribution in [0.25, 0.3) is 0 Å². The Morgan fingerprint density at radius 3 is 2.57 bits per heavy atom. The van der Waals surface area contributed by atoms with Gasteiger partial charge in [-0.05, 0) is 19.3 Å². The topological polar surface area (TPSA) is 69.4 Å². The molecule has 0 heterocycles. The van der Waals surface area contributed by atoms with Gasteiger partial charge in [-0.2, -0.15) is 0 Å². The highest BCUT2D eigenvalue weighted by Crippen LogP contribution is 2.25. The molecule has 0 aromatic rings. The van der Waals surface area contributed by atoms with Crippen LogP contribution in [0.2, 0.25) is 0 Å². The summed E-state index contributed by atoms with van der Waals surface area (Å²) in [6.07, 6.45) is 2.44. The molecule has 0 aliphatic heterocycles. The fourth-order valence-electron chi connectivity index (χ4n) is 1.52. The summed E-state index contributed by atoms with van der Waals surface area (Å²) in [6.45, 7) is 2.34. The molecule has 80 valence electrons. The minimum atomic E-state index is -0.914. The van der Waals surface area contributed by atoms with Crippen LogP contribution >= 0.6 is 0 Å². The Morgan fingerprint density at radius 2 is 2.07 bits per heavy atom. The Labute approximate surface area is 83.8 Å². The third-order valence-corrected chi connectivity index (χ3v) is 2.54. The lowest BCUT2D eigenvalue weighted by atomic mass is 9.82. The van der Waals surface area contributed by atoms with Gasteiger partial charge >= 0.3 is 5.97 Å². The quantitative estimate of drug-likeness (QED) is 0.682. The standard InChI is InChI=1S/C10H17NO3/c1-2-7-14-9(13)10(11)5-3-8(12)4-6-10/h2-7,11H2,1H3. The summed E-state index contributed by atoms with van der Waals surface area (Å²) < 4.78 is 4.99. The van der Waals surface area contributed by atoms with Gasteiger partial charge in [-0.3, -0.25) is 9.59 Å². The molecule has 0 unspecified atom stereocenters. The van der Waals surface area contributed by atoms with Crippen molar-refractivity contribution < 1.29 is 14.3 Å². The van der Waals surface area contributed by atoms with Crippen LogP contribution in [0.1, 0.15) is 39.0 Å². The highest BCUT2D eigenvalue weighted by molar-refractivity contribution is 5.86. The maximum Gasteiger partial charge on any atom is 0.326 e. The molecule has 0 saturated heterocycles. The van der Waals surface area contributed by atoms with Crippen molar-refractivity contribution >= 4 is 11.8 Å². The van der Waals surface area contributed by atoms with Crippen LogP contribution < -0.4 is 5.73 Å². The first-order valence-corrected chi connectivity index (χ1v) is 5.06. The molecule has 1 aliphatic rings. The van der Waals surface area contributed by atoms with E-state index in [9.17, 15) is 9.59 Å². The van der Waals surface area contributed by atoms with E-state index in [-0.39, 0.29) is 11.8 Å². The van der Waals surface area contributed by atoms with Crippen molar-refractivity contribution in [3.63, 3.8) is 0 Å². The average Bonchev–Trinajstić information content (AvgIpc) is 2.19.